The van der Waals surface area contributed by atoms with Crippen molar-refractivity contribution in [3.63, 3.8) is 0 Å². The zero-order valence-electron chi connectivity index (χ0n) is 16.7. The number of amides is 1. The minimum atomic E-state index is -0.750. The number of carbonyl (C=O) groups excluding carboxylic acids is 1. The fourth-order valence-corrected chi connectivity index (χ4v) is 3.51. The minimum absolute atomic E-state index is 0.0199. The van der Waals surface area contributed by atoms with E-state index in [-0.39, 0.29) is 18.0 Å². The van der Waals surface area contributed by atoms with Crippen molar-refractivity contribution in [3.8, 4) is 5.88 Å². The van der Waals surface area contributed by atoms with Crippen LogP contribution in [0.3, 0.4) is 0 Å². The van der Waals surface area contributed by atoms with Crippen LogP contribution in [0.15, 0.2) is 53.2 Å². The molecule has 0 atom stereocenters. The number of hydrogen-bond acceptors (Lipinski definition) is 7. The van der Waals surface area contributed by atoms with Gasteiger partial charge in [0.2, 0.25) is 5.88 Å². The Bertz CT molecular complexity index is 1030. The number of ether oxygens (including phenoxy) is 1. The van der Waals surface area contributed by atoms with Crippen LogP contribution in [0.2, 0.25) is 0 Å². The van der Waals surface area contributed by atoms with Crippen molar-refractivity contribution in [3.05, 3.63) is 65.6 Å². The maximum absolute atomic E-state index is 12.4. The largest absolute Gasteiger partial charge is 0.481 e. The Labute approximate surface area is 178 Å². The van der Waals surface area contributed by atoms with Crippen LogP contribution in [0.4, 0.5) is 6.01 Å². The molecule has 9 nitrogen and oxygen atoms in total. The first kappa shape index (κ1) is 20.5. The third kappa shape index (κ3) is 5.44. The molecule has 1 aliphatic carbocycles. The number of nitrogens with one attached hydrogen (secondary N) is 1. The van der Waals surface area contributed by atoms with Gasteiger partial charge >= 0.3 is 12.0 Å². The van der Waals surface area contributed by atoms with Crippen molar-refractivity contribution in [2.75, 3.05) is 5.32 Å². The molecule has 1 amide bonds. The predicted octanol–water partition coefficient (Wildman–Crippen LogP) is 3.33. The first-order chi connectivity index (χ1) is 15.1. The molecule has 4 rings (SSSR count). The summed E-state index contributed by atoms with van der Waals surface area (Å²) in [5.41, 5.74) is 1.36. The number of hydrogen-bond donors (Lipinski definition) is 2. The van der Waals surface area contributed by atoms with Crippen molar-refractivity contribution in [1.82, 2.24) is 15.1 Å². The number of benzene rings is 1. The van der Waals surface area contributed by atoms with Crippen LogP contribution in [0.1, 0.15) is 47.4 Å². The number of anilines is 1. The van der Waals surface area contributed by atoms with Crippen molar-refractivity contribution >= 4 is 17.9 Å². The summed E-state index contributed by atoms with van der Waals surface area (Å²) >= 11 is 0. The van der Waals surface area contributed by atoms with Gasteiger partial charge in [-0.05, 0) is 37.3 Å². The fraction of sp³-hybridized carbons (Fsp3) is 0.318. The normalized spacial score (nSPS) is 18.3. The molecule has 2 N–H and O–H groups in total. The smallest absolute Gasteiger partial charge is 0.328 e. The Hall–Kier alpha value is -3.75. The number of aromatic nitrogens is 3. The van der Waals surface area contributed by atoms with E-state index in [0.717, 1.165) is 5.56 Å². The van der Waals surface area contributed by atoms with Crippen LogP contribution in [-0.2, 0) is 11.2 Å². The Morgan fingerprint density at radius 1 is 1.10 bits per heavy atom. The molecule has 1 fully saturated rings. The fourth-order valence-electron chi connectivity index (χ4n) is 3.51. The van der Waals surface area contributed by atoms with Gasteiger partial charge in [-0.2, -0.15) is 4.98 Å². The Balaban J connectivity index is 1.29. The van der Waals surface area contributed by atoms with E-state index in [1.54, 1.807) is 12.1 Å². The number of carbonyl (C=O) groups is 2. The summed E-state index contributed by atoms with van der Waals surface area (Å²) < 4.78 is 10.9. The molecule has 1 saturated carbocycles. The number of carboxylic acids is 1. The number of nitrogens with zero attached hydrogens (tertiary/aromatic N) is 3. The highest BCUT2D eigenvalue weighted by molar-refractivity contribution is 6.02. The lowest BCUT2D eigenvalue weighted by Gasteiger charge is -2.26. The molecule has 3 aromatic rings. The molecule has 1 aliphatic rings. The first-order valence-electron chi connectivity index (χ1n) is 10.1. The van der Waals surface area contributed by atoms with Gasteiger partial charge in [0.15, 0.2) is 5.82 Å². The lowest BCUT2D eigenvalue weighted by molar-refractivity contribution is -0.143. The lowest BCUT2D eigenvalue weighted by atomic mass is 9.87. The number of pyridine rings is 1. The van der Waals surface area contributed by atoms with E-state index in [9.17, 15) is 9.59 Å². The van der Waals surface area contributed by atoms with Gasteiger partial charge in [-0.15, -0.1) is 0 Å². The van der Waals surface area contributed by atoms with E-state index in [1.165, 1.54) is 6.20 Å². The van der Waals surface area contributed by atoms with E-state index < -0.39 is 11.9 Å². The number of aliphatic carboxylic acids is 1. The van der Waals surface area contributed by atoms with Gasteiger partial charge in [0, 0.05) is 18.7 Å². The highest BCUT2D eigenvalue weighted by atomic mass is 16.5. The quantitative estimate of drug-likeness (QED) is 0.593. The molecule has 0 spiro atoms. The second-order valence-electron chi connectivity index (χ2n) is 7.45. The molecule has 31 heavy (non-hydrogen) atoms. The first-order valence-corrected chi connectivity index (χ1v) is 10.1. The van der Waals surface area contributed by atoms with Crippen molar-refractivity contribution < 1.29 is 24.0 Å². The zero-order chi connectivity index (χ0) is 21.6. The summed E-state index contributed by atoms with van der Waals surface area (Å²) in [6, 6.07) is 12.9. The van der Waals surface area contributed by atoms with Crippen LogP contribution in [-0.4, -0.2) is 38.2 Å². The summed E-state index contributed by atoms with van der Waals surface area (Å²) in [4.78, 5) is 31.8. The van der Waals surface area contributed by atoms with E-state index in [2.05, 4.69) is 20.4 Å². The van der Waals surface area contributed by atoms with Gasteiger partial charge in [-0.3, -0.25) is 14.9 Å². The summed E-state index contributed by atoms with van der Waals surface area (Å²) in [7, 11) is 0. The molecule has 0 unspecified atom stereocenters. The van der Waals surface area contributed by atoms with Gasteiger partial charge in [0.1, 0.15) is 6.10 Å². The SMILES string of the molecule is O=C(Nc1nc(Cc2ccccc2)no1)c1ccc(O[C@H]2CC[C@@H](C(=O)O)CC2)nc1. The maximum atomic E-state index is 12.4. The van der Waals surface area contributed by atoms with E-state index in [1.807, 2.05) is 30.3 Å². The van der Waals surface area contributed by atoms with Crippen LogP contribution < -0.4 is 10.1 Å². The van der Waals surface area contributed by atoms with Gasteiger partial charge in [0.25, 0.3) is 5.91 Å². The number of carboxylic acid groups (broad SMARTS) is 1. The highest BCUT2D eigenvalue weighted by Crippen LogP contribution is 2.27. The molecular weight excluding hydrogens is 400 g/mol. The van der Waals surface area contributed by atoms with E-state index in [0.29, 0.717) is 49.4 Å². The molecule has 0 aliphatic heterocycles. The van der Waals surface area contributed by atoms with E-state index in [4.69, 9.17) is 14.4 Å². The topological polar surface area (TPSA) is 127 Å². The standard InChI is InChI=1S/C22H22N4O5/c27-20(25-22-24-18(26-31-22)12-14-4-2-1-3-5-14)16-8-11-19(23-13-16)30-17-9-6-15(7-10-17)21(28)29/h1-5,8,11,13,15,17H,6-7,9-10,12H2,(H,28,29)(H,24,25,26,27)/t15-,17+. The molecule has 2 heterocycles. The van der Waals surface area contributed by atoms with Crippen LogP contribution in [0.5, 0.6) is 5.88 Å². The predicted molar refractivity (Wildman–Crippen MR) is 110 cm³/mol. The van der Waals surface area contributed by atoms with Crippen LogP contribution >= 0.6 is 0 Å². The maximum Gasteiger partial charge on any atom is 0.328 e. The average molecular weight is 422 g/mol. The minimum Gasteiger partial charge on any atom is -0.481 e. The van der Waals surface area contributed by atoms with Gasteiger partial charge in [0.05, 0.1) is 11.5 Å². The second-order valence-corrected chi connectivity index (χ2v) is 7.45. The summed E-state index contributed by atoms with van der Waals surface area (Å²) in [5.74, 6) is -0.590. The summed E-state index contributed by atoms with van der Waals surface area (Å²) in [6.45, 7) is 0. The highest BCUT2D eigenvalue weighted by Gasteiger charge is 2.27. The molecule has 1 aromatic carbocycles. The molecule has 9 heteroatoms. The molecule has 160 valence electrons. The molecular formula is C22H22N4O5. The molecule has 2 aromatic heterocycles. The zero-order valence-corrected chi connectivity index (χ0v) is 16.7. The monoisotopic (exact) mass is 422 g/mol. The third-order valence-corrected chi connectivity index (χ3v) is 5.20. The summed E-state index contributed by atoms with van der Waals surface area (Å²) in [5, 5.41) is 15.5. The number of rotatable bonds is 7. The molecule has 0 saturated heterocycles. The van der Waals surface area contributed by atoms with Gasteiger partial charge in [-0.25, -0.2) is 4.98 Å². The lowest BCUT2D eigenvalue weighted by Crippen LogP contribution is -2.28. The Morgan fingerprint density at radius 3 is 2.55 bits per heavy atom. The van der Waals surface area contributed by atoms with Crippen LogP contribution in [0, 0.1) is 5.92 Å². The van der Waals surface area contributed by atoms with Crippen molar-refractivity contribution in [2.24, 2.45) is 5.92 Å². The second kappa shape index (κ2) is 9.38. The summed E-state index contributed by atoms with van der Waals surface area (Å²) in [6.07, 6.45) is 4.38. The van der Waals surface area contributed by atoms with Crippen molar-refractivity contribution in [1.29, 1.82) is 0 Å². The van der Waals surface area contributed by atoms with Gasteiger partial charge < -0.3 is 14.4 Å². The van der Waals surface area contributed by atoms with Crippen LogP contribution in [0.25, 0.3) is 0 Å². The average Bonchev–Trinajstić information content (AvgIpc) is 3.22. The Morgan fingerprint density at radius 2 is 1.87 bits per heavy atom. The molecule has 0 bridgehead atoms. The molecule has 0 radical (unpaired) electrons. The van der Waals surface area contributed by atoms with Gasteiger partial charge in [-0.1, -0.05) is 35.5 Å². The Kier molecular flexibility index (Phi) is 6.21. The van der Waals surface area contributed by atoms with E-state index >= 15 is 0 Å². The van der Waals surface area contributed by atoms with Crippen molar-refractivity contribution in [2.45, 2.75) is 38.2 Å². The third-order valence-electron chi connectivity index (χ3n) is 5.20.